The van der Waals surface area contributed by atoms with Crippen LogP contribution in [-0.2, 0) is 30.6 Å². The monoisotopic (exact) mass is 591 g/mol. The number of carbonyl (C=O) groups is 1. The number of fused-ring (bicyclic) bond motifs is 2. The molecule has 40 heavy (non-hydrogen) atoms. The maximum Gasteiger partial charge on any atom is 0.330 e. The molecule has 2 heterocycles. The van der Waals surface area contributed by atoms with E-state index in [1.165, 1.54) is 13.1 Å². The summed E-state index contributed by atoms with van der Waals surface area (Å²) in [6.07, 6.45) is -2.78. The van der Waals surface area contributed by atoms with Crippen LogP contribution in [0.15, 0.2) is 64.3 Å². The van der Waals surface area contributed by atoms with Crippen LogP contribution in [0.25, 0.3) is 10.8 Å². The molecule has 0 amide bonds. The topological polar surface area (TPSA) is 161 Å². The van der Waals surface area contributed by atoms with Gasteiger partial charge in [-0.15, -0.1) is 0 Å². The minimum Gasteiger partial charge on any atom is -0.462 e. The second kappa shape index (κ2) is 10.2. The van der Waals surface area contributed by atoms with Gasteiger partial charge >= 0.3 is 18.3 Å². The van der Waals surface area contributed by atoms with E-state index in [1.54, 1.807) is 32.9 Å². The first-order valence-electron chi connectivity index (χ1n) is 12.6. The first kappa shape index (κ1) is 28.6. The Hall–Kier alpha value is -2.90. The number of hydrogen-bond donors (Lipinski definition) is 4. The lowest BCUT2D eigenvalue weighted by Gasteiger charge is -2.34. The Labute approximate surface area is 234 Å². The summed E-state index contributed by atoms with van der Waals surface area (Å²) < 4.78 is 24.6. The van der Waals surface area contributed by atoms with E-state index in [-0.39, 0.29) is 6.10 Å². The Bertz CT molecular complexity index is 1620. The third-order valence-corrected chi connectivity index (χ3v) is 9.43. The normalized spacial score (nSPS) is 29.5. The lowest BCUT2D eigenvalue weighted by Crippen LogP contribution is -2.51. The van der Waals surface area contributed by atoms with E-state index in [9.17, 15) is 24.6 Å². The quantitative estimate of drug-likeness (QED) is 0.212. The molecule has 7 atom stereocenters. The predicted molar refractivity (Wildman–Crippen MR) is 148 cm³/mol. The maximum absolute atomic E-state index is 12.6. The zero-order valence-electron chi connectivity index (χ0n) is 22.1. The Balaban J connectivity index is 1.44. The summed E-state index contributed by atoms with van der Waals surface area (Å²) in [5.74, 6) is -0.189. The number of rotatable bonds is 9. The van der Waals surface area contributed by atoms with E-state index >= 15 is 0 Å². The standard InChI is InChI=1S/C26H30N3O9PS/c1-14(2)35-22(31)15(3)28-39(40,37-18-11-7-9-16-8-5-6-10-17(16)18)38-21-20-26(21,34)25(4,33)23(36-20)29-13-12-19(30)27-24(29)32/h5-15,20-21,23,33-34H,1-4H3,(H,28,40)(H,27,30,32)/t15?,20-,21?,23-,25+,26+,39?/m1/s1. The molecule has 12 nitrogen and oxygen atoms in total. The van der Waals surface area contributed by atoms with Gasteiger partial charge in [-0.25, -0.2) is 9.88 Å². The van der Waals surface area contributed by atoms with Gasteiger partial charge in [0, 0.05) is 17.6 Å². The van der Waals surface area contributed by atoms with Crippen LogP contribution < -0.4 is 20.9 Å². The average Bonchev–Trinajstić information content (AvgIpc) is 3.36. The molecule has 1 aliphatic heterocycles. The third-order valence-electron chi connectivity index (χ3n) is 6.98. The third kappa shape index (κ3) is 4.92. The van der Waals surface area contributed by atoms with Crippen molar-refractivity contribution in [2.45, 2.75) is 69.5 Å². The van der Waals surface area contributed by atoms with Crippen molar-refractivity contribution < 1.29 is 33.5 Å². The van der Waals surface area contributed by atoms with E-state index in [4.69, 9.17) is 30.3 Å². The number of aromatic amines is 1. The molecule has 214 valence electrons. The molecule has 14 heteroatoms. The number of H-pyrrole nitrogens is 1. The summed E-state index contributed by atoms with van der Waals surface area (Å²) in [7, 11) is 0. The summed E-state index contributed by atoms with van der Waals surface area (Å²) in [6.45, 7) is 2.64. The number of ether oxygens (including phenoxy) is 2. The second-order valence-electron chi connectivity index (χ2n) is 10.3. The molecule has 3 aromatic rings. The van der Waals surface area contributed by atoms with Gasteiger partial charge in [0.05, 0.1) is 6.10 Å². The Kier molecular flexibility index (Phi) is 7.28. The van der Waals surface area contributed by atoms with Crippen LogP contribution >= 0.6 is 6.64 Å². The average molecular weight is 592 g/mol. The van der Waals surface area contributed by atoms with Crippen LogP contribution in [0.1, 0.15) is 33.9 Å². The molecular weight excluding hydrogens is 561 g/mol. The molecule has 0 radical (unpaired) electrons. The molecule has 2 aromatic carbocycles. The molecule has 1 aliphatic carbocycles. The van der Waals surface area contributed by atoms with Crippen LogP contribution in [0.3, 0.4) is 0 Å². The summed E-state index contributed by atoms with van der Waals surface area (Å²) in [5.41, 5.74) is -5.45. The van der Waals surface area contributed by atoms with Gasteiger partial charge in [0.2, 0.25) is 0 Å². The molecular formula is C26H30N3O9PS. The number of aromatic nitrogens is 2. The van der Waals surface area contributed by atoms with Crippen LogP contribution in [0.2, 0.25) is 0 Å². The second-order valence-corrected chi connectivity index (χ2v) is 13.4. The highest BCUT2D eigenvalue weighted by Gasteiger charge is 2.84. The van der Waals surface area contributed by atoms with Crippen LogP contribution in [-0.4, -0.2) is 61.3 Å². The van der Waals surface area contributed by atoms with Gasteiger partial charge in [-0.05, 0) is 51.0 Å². The highest BCUT2D eigenvalue weighted by Crippen LogP contribution is 2.64. The summed E-state index contributed by atoms with van der Waals surface area (Å²) >= 11 is 5.84. The van der Waals surface area contributed by atoms with Crippen molar-refractivity contribution in [3.8, 4) is 5.75 Å². The smallest absolute Gasteiger partial charge is 0.330 e. The number of benzene rings is 2. The molecule has 1 saturated heterocycles. The molecule has 4 N–H and O–H groups in total. The number of nitrogens with zero attached hydrogens (tertiary/aromatic N) is 1. The Morgan fingerprint density at radius 2 is 1.85 bits per heavy atom. The highest BCUT2D eigenvalue weighted by molar-refractivity contribution is 8.09. The predicted octanol–water partition coefficient (Wildman–Crippen LogP) is 1.70. The zero-order chi connectivity index (χ0) is 29.0. The number of esters is 1. The minimum atomic E-state index is -3.64. The molecule has 0 bridgehead atoms. The maximum atomic E-state index is 12.6. The van der Waals surface area contributed by atoms with Gasteiger partial charge in [-0.1, -0.05) is 36.4 Å². The fraction of sp³-hybridized carbons (Fsp3) is 0.423. The summed E-state index contributed by atoms with van der Waals surface area (Å²) in [5, 5.41) is 27.5. The Morgan fingerprint density at radius 1 is 1.15 bits per heavy atom. The summed E-state index contributed by atoms with van der Waals surface area (Å²) in [4.78, 5) is 38.5. The fourth-order valence-electron chi connectivity index (χ4n) is 4.88. The number of aliphatic hydroxyl groups is 2. The van der Waals surface area contributed by atoms with Crippen molar-refractivity contribution in [1.82, 2.24) is 14.6 Å². The zero-order valence-corrected chi connectivity index (χ0v) is 23.8. The minimum absolute atomic E-state index is 0.366. The first-order valence-corrected chi connectivity index (χ1v) is 15.3. The van der Waals surface area contributed by atoms with Crippen molar-refractivity contribution in [1.29, 1.82) is 0 Å². The first-order chi connectivity index (χ1) is 18.8. The van der Waals surface area contributed by atoms with Gasteiger partial charge in [-0.3, -0.25) is 23.7 Å². The van der Waals surface area contributed by atoms with Gasteiger partial charge in [0.15, 0.2) is 11.8 Å². The van der Waals surface area contributed by atoms with Crippen molar-refractivity contribution >= 4 is 35.2 Å². The molecule has 3 unspecified atom stereocenters. The van der Waals surface area contributed by atoms with Gasteiger partial charge in [0.25, 0.3) is 5.56 Å². The molecule has 1 saturated carbocycles. The van der Waals surface area contributed by atoms with Crippen molar-refractivity contribution in [2.75, 3.05) is 0 Å². The highest BCUT2D eigenvalue weighted by atomic mass is 32.5. The van der Waals surface area contributed by atoms with Crippen LogP contribution in [0, 0.1) is 0 Å². The van der Waals surface area contributed by atoms with E-state index in [2.05, 4.69) is 10.1 Å². The SMILES string of the molecule is CC(C)OC(=O)C(C)NP(=S)(Oc1cccc2ccccc12)OC1[C@H]2O[C@@H](n3ccc(=O)[nH]c3=O)[C@](C)(O)[C@@]12O. The number of hydrogen-bond acceptors (Lipinski definition) is 10. The number of nitrogens with one attached hydrogen (secondary N) is 2. The van der Waals surface area contributed by atoms with Crippen molar-refractivity contribution in [3.05, 3.63) is 75.6 Å². The molecule has 0 spiro atoms. The van der Waals surface area contributed by atoms with Crippen LogP contribution in [0.5, 0.6) is 5.75 Å². The lowest BCUT2D eigenvalue weighted by atomic mass is 9.95. The Morgan fingerprint density at radius 3 is 2.50 bits per heavy atom. The van der Waals surface area contributed by atoms with E-state index in [0.717, 1.165) is 21.4 Å². The van der Waals surface area contributed by atoms with Crippen molar-refractivity contribution in [3.63, 3.8) is 0 Å². The summed E-state index contributed by atoms with van der Waals surface area (Å²) in [6, 6.07) is 13.0. The van der Waals surface area contributed by atoms with Crippen LogP contribution in [0.4, 0.5) is 0 Å². The molecule has 1 aromatic heterocycles. The van der Waals surface area contributed by atoms with Crippen molar-refractivity contribution in [2.24, 2.45) is 0 Å². The van der Waals surface area contributed by atoms with Gasteiger partial charge < -0.3 is 24.2 Å². The molecule has 2 fully saturated rings. The largest absolute Gasteiger partial charge is 0.462 e. The fourth-order valence-corrected chi connectivity index (χ4v) is 7.59. The van der Waals surface area contributed by atoms with E-state index in [0.29, 0.717) is 5.75 Å². The molecule has 5 rings (SSSR count). The van der Waals surface area contributed by atoms with Gasteiger partial charge in [0.1, 0.15) is 29.6 Å². The molecule has 2 aliphatic rings. The van der Waals surface area contributed by atoms with E-state index in [1.807, 2.05) is 30.3 Å². The van der Waals surface area contributed by atoms with E-state index < -0.39 is 59.5 Å². The van der Waals surface area contributed by atoms with Gasteiger partial charge in [-0.2, -0.15) is 0 Å². The number of carbonyl (C=O) groups excluding carboxylic acids is 1. The lowest BCUT2D eigenvalue weighted by molar-refractivity contribution is -0.156.